The van der Waals surface area contributed by atoms with Gasteiger partial charge < -0.3 is 28.4 Å². The van der Waals surface area contributed by atoms with Gasteiger partial charge in [-0.3, -0.25) is 9.59 Å². The number of furan rings is 1. The van der Waals surface area contributed by atoms with Gasteiger partial charge in [0, 0.05) is 37.7 Å². The van der Waals surface area contributed by atoms with E-state index in [4.69, 9.17) is 18.6 Å². The van der Waals surface area contributed by atoms with Gasteiger partial charge in [-0.05, 0) is 54.1 Å². The molecular formula is C26H30N2O6S. The van der Waals surface area contributed by atoms with E-state index in [0.717, 1.165) is 12.0 Å². The topological polar surface area (TPSA) is 81.5 Å². The molecule has 3 aromatic rings. The van der Waals surface area contributed by atoms with Crippen LogP contribution in [0.2, 0.25) is 0 Å². The number of thiophene rings is 1. The highest BCUT2D eigenvalue weighted by Crippen LogP contribution is 2.34. The Morgan fingerprint density at radius 2 is 2.03 bits per heavy atom. The van der Waals surface area contributed by atoms with E-state index in [-0.39, 0.29) is 30.2 Å². The third-order valence-electron chi connectivity index (χ3n) is 5.99. The second kappa shape index (κ2) is 11.9. The predicted molar refractivity (Wildman–Crippen MR) is 132 cm³/mol. The SMILES string of the molecule is COCCCN(CC(=O)N1CCc2sccc2C1COc1cccc(OC)c1)C(=O)c1ccco1. The summed E-state index contributed by atoms with van der Waals surface area (Å²) < 4.78 is 21.8. The minimum atomic E-state index is -0.308. The van der Waals surface area contributed by atoms with E-state index in [0.29, 0.717) is 44.2 Å². The van der Waals surface area contributed by atoms with Gasteiger partial charge >= 0.3 is 0 Å². The number of nitrogens with zero attached hydrogens (tertiary/aromatic N) is 2. The van der Waals surface area contributed by atoms with Gasteiger partial charge in [0.1, 0.15) is 24.7 Å². The molecule has 0 fully saturated rings. The fourth-order valence-corrected chi connectivity index (χ4v) is 5.13. The van der Waals surface area contributed by atoms with Crippen molar-refractivity contribution < 1.29 is 28.2 Å². The Labute approximate surface area is 209 Å². The molecule has 1 aromatic carbocycles. The first-order chi connectivity index (χ1) is 17.1. The Kier molecular flexibility index (Phi) is 8.44. The first kappa shape index (κ1) is 24.8. The molecular weight excluding hydrogens is 468 g/mol. The standard InChI is InChI=1S/C26H30N2O6S/c1-31-13-5-11-27(26(30)23-8-4-14-33-23)17-25(29)28-12-9-24-21(10-15-35-24)22(28)18-34-20-7-3-6-19(16-20)32-2/h3-4,6-8,10,14-16,22H,5,9,11-13,17-18H2,1-2H3. The van der Waals surface area contributed by atoms with Gasteiger partial charge in [-0.1, -0.05) is 6.07 Å². The number of fused-ring (bicyclic) bond motifs is 1. The minimum absolute atomic E-state index is 0.0433. The van der Waals surface area contributed by atoms with Crippen LogP contribution in [0.4, 0.5) is 0 Å². The number of benzene rings is 1. The van der Waals surface area contributed by atoms with Crippen LogP contribution in [0.1, 0.15) is 33.5 Å². The number of methoxy groups -OCH3 is 2. The van der Waals surface area contributed by atoms with E-state index in [1.807, 2.05) is 29.2 Å². The smallest absolute Gasteiger partial charge is 0.290 e. The zero-order valence-corrected chi connectivity index (χ0v) is 20.8. The second-order valence-electron chi connectivity index (χ2n) is 8.19. The zero-order valence-electron chi connectivity index (χ0n) is 20.0. The summed E-state index contributed by atoms with van der Waals surface area (Å²) in [4.78, 5) is 31.2. The molecule has 1 unspecified atom stereocenters. The molecule has 35 heavy (non-hydrogen) atoms. The molecule has 3 heterocycles. The number of rotatable bonds is 11. The van der Waals surface area contributed by atoms with Crippen molar-refractivity contribution in [1.82, 2.24) is 9.80 Å². The first-order valence-corrected chi connectivity index (χ1v) is 12.4. The number of carbonyl (C=O) groups excluding carboxylic acids is 2. The Balaban J connectivity index is 1.50. The summed E-state index contributed by atoms with van der Waals surface area (Å²) in [6, 6.07) is 12.5. The maximum atomic E-state index is 13.6. The zero-order chi connectivity index (χ0) is 24.6. The summed E-state index contributed by atoms with van der Waals surface area (Å²) in [5, 5.41) is 2.05. The van der Waals surface area contributed by atoms with E-state index in [9.17, 15) is 9.59 Å². The maximum Gasteiger partial charge on any atom is 0.290 e. The average molecular weight is 499 g/mol. The second-order valence-corrected chi connectivity index (χ2v) is 9.19. The molecule has 0 radical (unpaired) electrons. The molecule has 2 aromatic heterocycles. The van der Waals surface area contributed by atoms with Crippen LogP contribution in [0.5, 0.6) is 11.5 Å². The van der Waals surface area contributed by atoms with E-state index < -0.39 is 0 Å². The van der Waals surface area contributed by atoms with Gasteiger partial charge in [-0.2, -0.15) is 0 Å². The Morgan fingerprint density at radius 3 is 2.80 bits per heavy atom. The van der Waals surface area contributed by atoms with Crippen LogP contribution < -0.4 is 9.47 Å². The molecule has 1 aliphatic heterocycles. The van der Waals surface area contributed by atoms with Crippen LogP contribution in [0, 0.1) is 0 Å². The van der Waals surface area contributed by atoms with E-state index in [2.05, 4.69) is 11.4 Å². The number of ether oxygens (including phenoxy) is 3. The molecule has 0 bridgehead atoms. The van der Waals surface area contributed by atoms with Crippen LogP contribution in [-0.2, 0) is 16.0 Å². The van der Waals surface area contributed by atoms with Crippen LogP contribution in [-0.4, -0.2) is 68.7 Å². The summed E-state index contributed by atoms with van der Waals surface area (Å²) in [7, 11) is 3.23. The summed E-state index contributed by atoms with van der Waals surface area (Å²) in [5.41, 5.74) is 1.10. The quantitative estimate of drug-likeness (QED) is 0.371. The molecule has 8 nitrogen and oxygen atoms in total. The van der Waals surface area contributed by atoms with Crippen LogP contribution in [0.3, 0.4) is 0 Å². The van der Waals surface area contributed by atoms with Crippen LogP contribution in [0.25, 0.3) is 0 Å². The highest BCUT2D eigenvalue weighted by Gasteiger charge is 2.34. The molecule has 1 aliphatic rings. The fourth-order valence-electron chi connectivity index (χ4n) is 4.20. The Hall–Kier alpha value is -3.30. The Bertz CT molecular complexity index is 1110. The lowest BCUT2D eigenvalue weighted by Gasteiger charge is -2.37. The molecule has 9 heteroatoms. The van der Waals surface area contributed by atoms with Gasteiger partial charge in [0.2, 0.25) is 5.91 Å². The lowest BCUT2D eigenvalue weighted by atomic mass is 10.0. The first-order valence-electron chi connectivity index (χ1n) is 11.5. The molecule has 0 spiro atoms. The minimum Gasteiger partial charge on any atom is -0.497 e. The van der Waals surface area contributed by atoms with E-state index >= 15 is 0 Å². The monoisotopic (exact) mass is 498 g/mol. The normalized spacial score (nSPS) is 14.9. The van der Waals surface area contributed by atoms with Gasteiger partial charge in [0.05, 0.1) is 19.4 Å². The molecule has 0 saturated carbocycles. The van der Waals surface area contributed by atoms with Gasteiger partial charge in [0.15, 0.2) is 5.76 Å². The van der Waals surface area contributed by atoms with Crippen LogP contribution in [0.15, 0.2) is 58.5 Å². The molecule has 2 amide bonds. The van der Waals surface area contributed by atoms with E-state index in [1.165, 1.54) is 16.0 Å². The Morgan fingerprint density at radius 1 is 1.17 bits per heavy atom. The van der Waals surface area contributed by atoms with Gasteiger partial charge in [-0.25, -0.2) is 0 Å². The average Bonchev–Trinajstić information content (AvgIpc) is 3.59. The van der Waals surface area contributed by atoms with Crippen molar-refractivity contribution in [3.8, 4) is 11.5 Å². The molecule has 4 rings (SSSR count). The third-order valence-corrected chi connectivity index (χ3v) is 6.98. The van der Waals surface area contributed by atoms with Crippen molar-refractivity contribution in [2.24, 2.45) is 0 Å². The van der Waals surface area contributed by atoms with Gasteiger partial charge in [0.25, 0.3) is 5.91 Å². The van der Waals surface area contributed by atoms with Crippen LogP contribution >= 0.6 is 11.3 Å². The molecule has 186 valence electrons. The number of hydrogen-bond acceptors (Lipinski definition) is 7. The van der Waals surface area contributed by atoms with E-state index in [1.54, 1.807) is 37.7 Å². The van der Waals surface area contributed by atoms with Gasteiger partial charge in [-0.15, -0.1) is 11.3 Å². The number of amides is 2. The summed E-state index contributed by atoms with van der Waals surface area (Å²) >= 11 is 1.70. The third kappa shape index (κ3) is 6.04. The largest absolute Gasteiger partial charge is 0.497 e. The van der Waals surface area contributed by atoms with Crippen molar-refractivity contribution in [2.75, 3.05) is 47.1 Å². The van der Waals surface area contributed by atoms with Crippen molar-refractivity contribution in [3.05, 3.63) is 70.3 Å². The number of hydrogen-bond donors (Lipinski definition) is 0. The maximum absolute atomic E-state index is 13.6. The highest BCUT2D eigenvalue weighted by atomic mass is 32.1. The highest BCUT2D eigenvalue weighted by molar-refractivity contribution is 7.10. The summed E-state index contributed by atoms with van der Waals surface area (Å²) in [5.74, 6) is 1.16. The lowest BCUT2D eigenvalue weighted by molar-refractivity contribution is -0.135. The number of carbonyl (C=O) groups is 2. The molecule has 0 saturated heterocycles. The fraction of sp³-hybridized carbons (Fsp3) is 0.385. The lowest BCUT2D eigenvalue weighted by Crippen LogP contribution is -2.48. The molecule has 1 atom stereocenters. The summed E-state index contributed by atoms with van der Waals surface area (Å²) in [6.45, 7) is 1.72. The van der Waals surface area contributed by atoms with Crippen molar-refractivity contribution in [2.45, 2.75) is 18.9 Å². The summed E-state index contributed by atoms with van der Waals surface area (Å²) in [6.07, 6.45) is 2.86. The van der Waals surface area contributed by atoms with Crippen molar-refractivity contribution in [1.29, 1.82) is 0 Å². The molecule has 0 aliphatic carbocycles. The van der Waals surface area contributed by atoms with Crippen molar-refractivity contribution in [3.63, 3.8) is 0 Å². The van der Waals surface area contributed by atoms with Crippen molar-refractivity contribution >= 4 is 23.2 Å². The predicted octanol–water partition coefficient (Wildman–Crippen LogP) is 4.03. The molecule has 0 N–H and O–H groups in total.